The fourth-order valence-electron chi connectivity index (χ4n) is 1.81. The monoisotopic (exact) mass is 376 g/mol. The molecule has 2 rings (SSSR count). The van der Waals surface area contributed by atoms with Crippen molar-refractivity contribution in [1.82, 2.24) is 10.9 Å². The summed E-state index contributed by atoms with van der Waals surface area (Å²) >= 11 is 3.37. The predicted molar refractivity (Wildman–Crippen MR) is 91.2 cm³/mol. The second-order valence-corrected chi connectivity index (χ2v) is 5.95. The van der Waals surface area contributed by atoms with Gasteiger partial charge in [0.1, 0.15) is 5.75 Å². The van der Waals surface area contributed by atoms with Crippen molar-refractivity contribution in [1.29, 1.82) is 0 Å². The smallest absolute Gasteiger partial charge is 0.276 e. The number of hydrogen-bond acceptors (Lipinski definition) is 3. The minimum atomic E-state index is -0.446. The summed E-state index contributed by atoms with van der Waals surface area (Å²) in [7, 11) is 0. The van der Waals surface area contributed by atoms with E-state index in [0.29, 0.717) is 11.3 Å². The van der Waals surface area contributed by atoms with E-state index in [1.165, 1.54) is 0 Å². The molecule has 2 amide bonds. The molecule has 23 heavy (non-hydrogen) atoms. The van der Waals surface area contributed by atoms with Crippen LogP contribution in [-0.2, 0) is 4.79 Å². The maximum atomic E-state index is 11.9. The number of rotatable bonds is 4. The summed E-state index contributed by atoms with van der Waals surface area (Å²) in [6.45, 7) is 3.70. The molecule has 120 valence electrons. The van der Waals surface area contributed by atoms with Gasteiger partial charge in [0.15, 0.2) is 6.61 Å². The molecule has 0 saturated carbocycles. The summed E-state index contributed by atoms with van der Waals surface area (Å²) in [5.74, 6) is -0.261. The van der Waals surface area contributed by atoms with E-state index in [0.717, 1.165) is 15.6 Å². The zero-order valence-corrected chi connectivity index (χ0v) is 14.4. The van der Waals surface area contributed by atoms with E-state index in [2.05, 4.69) is 26.8 Å². The maximum Gasteiger partial charge on any atom is 0.276 e. The van der Waals surface area contributed by atoms with E-state index < -0.39 is 5.91 Å². The van der Waals surface area contributed by atoms with Crippen LogP contribution in [-0.4, -0.2) is 18.4 Å². The molecule has 2 N–H and O–H groups in total. The molecular formula is C17H17BrN2O3. The summed E-state index contributed by atoms with van der Waals surface area (Å²) in [6.07, 6.45) is 0. The van der Waals surface area contributed by atoms with Crippen LogP contribution >= 0.6 is 15.9 Å². The molecule has 0 fully saturated rings. The van der Waals surface area contributed by atoms with Crippen LogP contribution in [0.5, 0.6) is 5.75 Å². The number of aryl methyl sites for hydroxylation is 2. The number of hydrazine groups is 1. The summed E-state index contributed by atoms with van der Waals surface area (Å²) in [5.41, 5.74) is 7.28. The van der Waals surface area contributed by atoms with Gasteiger partial charge in [-0.05, 0) is 59.6 Å². The van der Waals surface area contributed by atoms with Gasteiger partial charge in [0.2, 0.25) is 0 Å². The highest BCUT2D eigenvalue weighted by Crippen LogP contribution is 2.25. The predicted octanol–water partition coefficient (Wildman–Crippen LogP) is 2.91. The number of ether oxygens (including phenoxy) is 1. The number of hydrogen-bond donors (Lipinski definition) is 2. The fraction of sp³-hybridized carbons (Fsp3) is 0.176. The Bertz CT molecular complexity index is 714. The van der Waals surface area contributed by atoms with Gasteiger partial charge in [0.25, 0.3) is 11.8 Å². The van der Waals surface area contributed by atoms with Crippen molar-refractivity contribution in [3.63, 3.8) is 0 Å². The van der Waals surface area contributed by atoms with Crippen LogP contribution in [0.25, 0.3) is 0 Å². The highest BCUT2D eigenvalue weighted by atomic mass is 79.9. The number of amides is 2. The summed E-state index contributed by atoms with van der Waals surface area (Å²) in [6, 6.07) is 12.6. The molecule has 0 radical (unpaired) electrons. The molecule has 6 heteroatoms. The number of halogens is 1. The van der Waals surface area contributed by atoms with Gasteiger partial charge in [0.05, 0.1) is 4.47 Å². The Balaban J connectivity index is 1.81. The first kappa shape index (κ1) is 17.0. The lowest BCUT2D eigenvalue weighted by Crippen LogP contribution is -2.43. The third-order valence-corrected chi connectivity index (χ3v) is 3.70. The molecule has 2 aromatic carbocycles. The quantitative estimate of drug-likeness (QED) is 0.806. The molecule has 0 aromatic heterocycles. The number of benzene rings is 2. The van der Waals surface area contributed by atoms with E-state index in [-0.39, 0.29) is 12.5 Å². The van der Waals surface area contributed by atoms with Gasteiger partial charge < -0.3 is 4.74 Å². The van der Waals surface area contributed by atoms with Gasteiger partial charge in [-0.25, -0.2) is 0 Å². The van der Waals surface area contributed by atoms with Gasteiger partial charge in [0, 0.05) is 5.56 Å². The van der Waals surface area contributed by atoms with Gasteiger partial charge in [-0.1, -0.05) is 23.8 Å². The van der Waals surface area contributed by atoms with Crippen LogP contribution in [0.1, 0.15) is 21.5 Å². The van der Waals surface area contributed by atoms with Gasteiger partial charge in [-0.2, -0.15) is 0 Å². The Morgan fingerprint density at radius 3 is 2.30 bits per heavy atom. The lowest BCUT2D eigenvalue weighted by molar-refractivity contribution is -0.123. The summed E-state index contributed by atoms with van der Waals surface area (Å²) in [5, 5.41) is 0. The second kappa shape index (κ2) is 7.78. The van der Waals surface area contributed by atoms with Crippen molar-refractivity contribution in [3.05, 3.63) is 63.6 Å². The van der Waals surface area contributed by atoms with E-state index in [9.17, 15) is 9.59 Å². The third kappa shape index (κ3) is 5.10. The topological polar surface area (TPSA) is 67.4 Å². The van der Waals surface area contributed by atoms with Crippen molar-refractivity contribution in [3.8, 4) is 5.75 Å². The zero-order valence-electron chi connectivity index (χ0n) is 12.9. The van der Waals surface area contributed by atoms with Crippen LogP contribution in [0.3, 0.4) is 0 Å². The Kier molecular flexibility index (Phi) is 5.76. The van der Waals surface area contributed by atoms with Gasteiger partial charge in [-0.15, -0.1) is 0 Å². The van der Waals surface area contributed by atoms with Gasteiger partial charge >= 0.3 is 0 Å². The first-order valence-corrected chi connectivity index (χ1v) is 7.80. The SMILES string of the molecule is Cc1ccc(C(=O)NNC(=O)COc2ccc(C)cc2Br)cc1. The van der Waals surface area contributed by atoms with Crippen molar-refractivity contribution in [2.24, 2.45) is 0 Å². The molecular weight excluding hydrogens is 360 g/mol. The molecule has 5 nitrogen and oxygen atoms in total. The Morgan fingerprint density at radius 1 is 1.00 bits per heavy atom. The molecule has 0 saturated heterocycles. The number of nitrogens with one attached hydrogen (secondary N) is 2. The van der Waals surface area contributed by atoms with E-state index in [1.807, 2.05) is 38.1 Å². The molecule has 0 heterocycles. The van der Waals surface area contributed by atoms with Crippen molar-refractivity contribution >= 4 is 27.7 Å². The largest absolute Gasteiger partial charge is 0.483 e. The number of carbonyl (C=O) groups is 2. The first-order valence-electron chi connectivity index (χ1n) is 7.00. The first-order chi connectivity index (χ1) is 11.0. The average Bonchev–Trinajstić information content (AvgIpc) is 2.52. The number of carbonyl (C=O) groups excluding carboxylic acids is 2. The molecule has 0 bridgehead atoms. The highest BCUT2D eigenvalue weighted by Gasteiger charge is 2.09. The van der Waals surface area contributed by atoms with E-state index >= 15 is 0 Å². The van der Waals surface area contributed by atoms with Crippen LogP contribution < -0.4 is 15.6 Å². The minimum absolute atomic E-state index is 0.199. The van der Waals surface area contributed by atoms with Crippen molar-refractivity contribution < 1.29 is 14.3 Å². The normalized spacial score (nSPS) is 10.0. The average molecular weight is 377 g/mol. The lowest BCUT2D eigenvalue weighted by Gasteiger charge is -2.10. The second-order valence-electron chi connectivity index (χ2n) is 5.09. The third-order valence-electron chi connectivity index (χ3n) is 3.08. The van der Waals surface area contributed by atoms with E-state index in [4.69, 9.17) is 4.74 Å². The van der Waals surface area contributed by atoms with Crippen LogP contribution in [0.15, 0.2) is 46.9 Å². The Labute approximate surface area is 143 Å². The van der Waals surface area contributed by atoms with Crippen LogP contribution in [0, 0.1) is 13.8 Å². The van der Waals surface area contributed by atoms with Crippen LogP contribution in [0.4, 0.5) is 0 Å². The summed E-state index contributed by atoms with van der Waals surface area (Å²) in [4.78, 5) is 23.6. The van der Waals surface area contributed by atoms with Crippen molar-refractivity contribution in [2.75, 3.05) is 6.61 Å². The van der Waals surface area contributed by atoms with Crippen LogP contribution in [0.2, 0.25) is 0 Å². The fourth-order valence-corrected chi connectivity index (χ4v) is 2.41. The highest BCUT2D eigenvalue weighted by molar-refractivity contribution is 9.10. The molecule has 0 aliphatic rings. The van der Waals surface area contributed by atoms with Gasteiger partial charge in [-0.3, -0.25) is 20.4 Å². The molecule has 0 aliphatic carbocycles. The molecule has 2 aromatic rings. The maximum absolute atomic E-state index is 11.9. The van der Waals surface area contributed by atoms with Crippen molar-refractivity contribution in [2.45, 2.75) is 13.8 Å². The minimum Gasteiger partial charge on any atom is -0.483 e. The summed E-state index contributed by atoms with van der Waals surface area (Å²) < 4.78 is 6.17. The van der Waals surface area contributed by atoms with E-state index in [1.54, 1.807) is 18.2 Å². The zero-order chi connectivity index (χ0) is 16.8. The Hall–Kier alpha value is -2.34. The Morgan fingerprint density at radius 2 is 1.65 bits per heavy atom. The molecule has 0 spiro atoms. The molecule has 0 atom stereocenters. The lowest BCUT2D eigenvalue weighted by atomic mass is 10.1. The molecule has 0 unspecified atom stereocenters. The molecule has 0 aliphatic heterocycles. The standard InChI is InChI=1S/C17H17BrN2O3/c1-11-3-6-13(7-4-11)17(22)20-19-16(21)10-23-15-8-5-12(2)9-14(15)18/h3-9H,10H2,1-2H3,(H,19,21)(H,20,22).